The van der Waals surface area contributed by atoms with Crippen LogP contribution in [0, 0.1) is 16.0 Å². The van der Waals surface area contributed by atoms with Crippen molar-refractivity contribution in [2.24, 2.45) is 5.92 Å². The molecule has 36 heavy (non-hydrogen) atoms. The minimum absolute atomic E-state index is 0.00103. The monoisotopic (exact) mass is 482 g/mol. The molecule has 1 N–H and O–H groups in total. The van der Waals surface area contributed by atoms with Gasteiger partial charge >= 0.3 is 0 Å². The zero-order valence-electron chi connectivity index (χ0n) is 19.9. The molecule has 0 bridgehead atoms. The number of anilines is 1. The number of amides is 1. The maximum absolute atomic E-state index is 14.3. The van der Waals surface area contributed by atoms with E-state index in [1.165, 1.54) is 12.1 Å². The average molecular weight is 483 g/mol. The third-order valence-corrected chi connectivity index (χ3v) is 8.16. The van der Waals surface area contributed by atoms with Gasteiger partial charge in [-0.2, -0.15) is 0 Å². The van der Waals surface area contributed by atoms with Crippen LogP contribution in [0.1, 0.15) is 52.9 Å². The third kappa shape index (κ3) is 3.07. The summed E-state index contributed by atoms with van der Waals surface area (Å²) in [6, 6.07) is 17.7. The lowest BCUT2D eigenvalue weighted by Gasteiger charge is -2.37. The van der Waals surface area contributed by atoms with Gasteiger partial charge in [0.25, 0.3) is 5.69 Å². The van der Waals surface area contributed by atoms with Crippen LogP contribution in [0.25, 0.3) is 0 Å². The summed E-state index contributed by atoms with van der Waals surface area (Å²) in [5.74, 6) is -1.41. The third-order valence-electron chi connectivity index (χ3n) is 8.16. The number of Topliss-reactive ketones (excluding diaryl/α,β-unsaturated/α-hetero) is 1. The number of nitro benzene ring substituents is 1. The Balaban J connectivity index is 1.60. The van der Waals surface area contributed by atoms with Gasteiger partial charge in [0.2, 0.25) is 5.91 Å². The fraction of sp³-hybridized carbons (Fsp3) is 0.321. The highest BCUT2D eigenvalue weighted by Crippen LogP contribution is 2.61. The van der Waals surface area contributed by atoms with Crippen molar-refractivity contribution in [2.45, 2.75) is 43.7 Å². The molecule has 0 radical (unpaired) electrons. The quantitative estimate of drug-likeness (QED) is 0.327. The van der Waals surface area contributed by atoms with Crippen molar-refractivity contribution < 1.29 is 14.5 Å². The van der Waals surface area contributed by atoms with Gasteiger partial charge in [-0.25, -0.2) is 0 Å². The first-order valence-electron chi connectivity index (χ1n) is 12.4. The number of non-ortho nitro benzene ring substituents is 1. The van der Waals surface area contributed by atoms with E-state index in [-0.39, 0.29) is 29.3 Å². The number of ketones is 1. The lowest BCUT2D eigenvalue weighted by atomic mass is 9.69. The highest BCUT2D eigenvalue weighted by molar-refractivity contribution is 6.12. The molecule has 0 aliphatic carbocycles. The highest BCUT2D eigenvalue weighted by atomic mass is 16.6. The first-order valence-corrected chi connectivity index (χ1v) is 12.4. The molecule has 3 aliphatic rings. The van der Waals surface area contributed by atoms with Gasteiger partial charge in [0, 0.05) is 41.5 Å². The summed E-state index contributed by atoms with van der Waals surface area (Å²) >= 11 is 0. The van der Waals surface area contributed by atoms with E-state index >= 15 is 0 Å². The van der Waals surface area contributed by atoms with Crippen LogP contribution in [0.5, 0.6) is 0 Å². The van der Waals surface area contributed by atoms with Crippen LogP contribution in [0.15, 0.2) is 66.9 Å². The standard InChI is InChI=1S/C28H26N4O4/c1-2-17-8-13-21-20(16-17)28(27(34)30-21)25(26(33)22-6-3-4-14-29-22)24(23-7-5-15-31(23)28)18-9-11-19(12-10-18)32(35)36/h3-4,6,8-14,16,23-25H,2,5,7,15H2,1H3,(H,30,34)/t23?,24?,25?,28-/m1/s1. The van der Waals surface area contributed by atoms with Gasteiger partial charge in [-0.3, -0.25) is 29.6 Å². The number of fused-ring (bicyclic) bond motifs is 4. The number of nitrogens with one attached hydrogen (secondary N) is 1. The zero-order chi connectivity index (χ0) is 25.0. The van der Waals surface area contributed by atoms with Crippen LogP contribution in [-0.4, -0.2) is 39.1 Å². The topological polar surface area (TPSA) is 105 Å². The molecule has 3 unspecified atom stereocenters. The van der Waals surface area contributed by atoms with Crippen LogP contribution >= 0.6 is 0 Å². The van der Waals surface area contributed by atoms with Crippen molar-refractivity contribution in [1.29, 1.82) is 0 Å². The minimum atomic E-state index is -1.16. The average Bonchev–Trinajstić information content (AvgIpc) is 3.57. The van der Waals surface area contributed by atoms with Crippen molar-refractivity contribution in [1.82, 2.24) is 9.88 Å². The molecule has 8 nitrogen and oxygen atoms in total. The van der Waals surface area contributed by atoms with Crippen molar-refractivity contribution >= 4 is 23.1 Å². The van der Waals surface area contributed by atoms with E-state index in [4.69, 9.17) is 0 Å². The summed E-state index contributed by atoms with van der Waals surface area (Å²) in [4.78, 5) is 45.8. The number of carbonyl (C=O) groups is 2. The Morgan fingerprint density at radius 3 is 2.69 bits per heavy atom. The lowest BCUT2D eigenvalue weighted by Crippen LogP contribution is -2.53. The first kappa shape index (κ1) is 22.5. The number of nitrogens with zero attached hydrogens (tertiary/aromatic N) is 3. The number of hydrogen-bond acceptors (Lipinski definition) is 6. The van der Waals surface area contributed by atoms with Crippen LogP contribution in [0.2, 0.25) is 0 Å². The van der Waals surface area contributed by atoms with E-state index in [0.29, 0.717) is 12.2 Å². The van der Waals surface area contributed by atoms with Gasteiger partial charge in [-0.15, -0.1) is 0 Å². The second-order valence-corrected chi connectivity index (χ2v) is 9.79. The smallest absolute Gasteiger partial charge is 0.269 e. The Bertz CT molecular complexity index is 1370. The van der Waals surface area contributed by atoms with Gasteiger partial charge < -0.3 is 5.32 Å². The van der Waals surface area contributed by atoms with Crippen molar-refractivity contribution in [3.63, 3.8) is 0 Å². The molecule has 3 aliphatic heterocycles. The Hall–Kier alpha value is -3.91. The molecule has 182 valence electrons. The first-order chi connectivity index (χ1) is 17.5. The van der Waals surface area contributed by atoms with Crippen LogP contribution < -0.4 is 5.32 Å². The fourth-order valence-electron chi connectivity index (χ4n) is 6.69. The molecule has 1 aromatic heterocycles. The van der Waals surface area contributed by atoms with Gasteiger partial charge in [0.15, 0.2) is 5.78 Å². The Kier molecular flexibility index (Phi) is 5.22. The normalized spacial score (nSPS) is 26.6. The minimum Gasteiger partial charge on any atom is -0.324 e. The predicted octanol–water partition coefficient (Wildman–Crippen LogP) is 4.46. The van der Waals surface area contributed by atoms with Gasteiger partial charge in [-0.1, -0.05) is 37.3 Å². The zero-order valence-corrected chi connectivity index (χ0v) is 19.9. The molecule has 1 amide bonds. The van der Waals surface area contributed by atoms with Crippen molar-refractivity contribution in [2.75, 3.05) is 11.9 Å². The molecule has 6 rings (SSSR count). The molecular formula is C28H26N4O4. The number of aryl methyl sites for hydroxylation is 1. The van der Waals surface area contributed by atoms with Crippen LogP contribution in [0.4, 0.5) is 11.4 Å². The largest absolute Gasteiger partial charge is 0.324 e. The van der Waals surface area contributed by atoms with E-state index in [1.54, 1.807) is 36.5 Å². The number of nitro groups is 1. The summed E-state index contributed by atoms with van der Waals surface area (Å²) in [5.41, 5.74) is 2.67. The molecule has 8 heteroatoms. The van der Waals surface area contributed by atoms with Crippen LogP contribution in [0.3, 0.4) is 0 Å². The van der Waals surface area contributed by atoms with Crippen molar-refractivity contribution in [3.05, 3.63) is 99.4 Å². The summed E-state index contributed by atoms with van der Waals surface area (Å²) < 4.78 is 0. The van der Waals surface area contributed by atoms with Crippen LogP contribution in [-0.2, 0) is 16.8 Å². The van der Waals surface area contributed by atoms with Gasteiger partial charge in [0.05, 0.1) is 10.8 Å². The molecule has 4 heterocycles. The molecule has 2 fully saturated rings. The Labute approximate surface area is 208 Å². The second-order valence-electron chi connectivity index (χ2n) is 9.79. The number of aromatic nitrogens is 1. The summed E-state index contributed by atoms with van der Waals surface area (Å²) in [5, 5.41) is 14.4. The summed E-state index contributed by atoms with van der Waals surface area (Å²) in [7, 11) is 0. The molecule has 3 aromatic rings. The Morgan fingerprint density at radius 1 is 1.19 bits per heavy atom. The van der Waals surface area contributed by atoms with Gasteiger partial charge in [0.1, 0.15) is 11.2 Å². The van der Waals surface area contributed by atoms with Gasteiger partial charge in [-0.05, 0) is 55.1 Å². The molecule has 2 saturated heterocycles. The molecule has 1 spiro atoms. The van der Waals surface area contributed by atoms with Crippen molar-refractivity contribution in [3.8, 4) is 0 Å². The molecule has 4 atom stereocenters. The number of benzene rings is 2. The maximum atomic E-state index is 14.3. The molecular weight excluding hydrogens is 456 g/mol. The summed E-state index contributed by atoms with van der Waals surface area (Å²) in [6.45, 7) is 2.77. The predicted molar refractivity (Wildman–Crippen MR) is 134 cm³/mol. The molecule has 0 saturated carbocycles. The molecule has 2 aromatic carbocycles. The number of carbonyl (C=O) groups excluding carboxylic acids is 2. The van der Waals surface area contributed by atoms with E-state index in [9.17, 15) is 19.7 Å². The van der Waals surface area contributed by atoms with E-state index < -0.39 is 16.4 Å². The lowest BCUT2D eigenvalue weighted by molar-refractivity contribution is -0.384. The van der Waals surface area contributed by atoms with E-state index in [0.717, 1.165) is 41.6 Å². The van der Waals surface area contributed by atoms with E-state index in [2.05, 4.69) is 28.2 Å². The summed E-state index contributed by atoms with van der Waals surface area (Å²) in [6.07, 6.45) is 4.16. The van der Waals surface area contributed by atoms with E-state index in [1.807, 2.05) is 12.1 Å². The second kappa shape index (κ2) is 8.34. The fourth-order valence-corrected chi connectivity index (χ4v) is 6.69. The highest BCUT2D eigenvalue weighted by Gasteiger charge is 2.69. The number of hydrogen-bond donors (Lipinski definition) is 1. The Morgan fingerprint density at radius 2 is 2.00 bits per heavy atom. The number of pyridine rings is 1. The number of rotatable bonds is 5. The maximum Gasteiger partial charge on any atom is 0.269 e. The SMILES string of the molecule is CCc1ccc2c(c1)[C@]1(C(=O)N2)C(C(=O)c2ccccn2)C(c2ccc([N+](=O)[O-])cc2)C2CCCN21.